The van der Waals surface area contributed by atoms with Gasteiger partial charge < -0.3 is 20.3 Å². The van der Waals surface area contributed by atoms with Crippen LogP contribution in [0.25, 0.3) is 11.4 Å². The molecular weight excluding hydrogens is 521 g/mol. The lowest BCUT2D eigenvalue weighted by Crippen LogP contribution is -2.36. The molecule has 3 rings (SSSR count). The minimum absolute atomic E-state index is 0. The van der Waals surface area contributed by atoms with Crippen molar-refractivity contribution in [2.45, 2.75) is 13.1 Å². The third-order valence-electron chi connectivity index (χ3n) is 4.59. The third kappa shape index (κ3) is 6.67. The van der Waals surface area contributed by atoms with Gasteiger partial charge in [0, 0.05) is 38.8 Å². The fraction of sp³-hybridized carbons (Fsp3) is 0.273. The molecule has 0 bridgehead atoms. The Hall–Kier alpha value is -3.15. The Labute approximate surface area is 204 Å². The highest BCUT2D eigenvalue weighted by Gasteiger charge is 2.09. The number of H-pyrrole nitrogens is 1. The highest BCUT2D eigenvalue weighted by atomic mass is 127. The molecule has 32 heavy (non-hydrogen) atoms. The number of methoxy groups -OCH3 is 1. The standard InChI is InChI=1S/C22H27N7O2.HI/c1-23-22(24-13-15-5-7-17(8-6-15)21(30)29(2)3)25-14-19-26-20(28-27-19)16-9-11-18(31-4)12-10-16;/h5-12H,13-14H2,1-4H3,(H2,23,24,25)(H,26,27,28);1H. The molecule has 10 heteroatoms. The average Bonchev–Trinajstić information content (AvgIpc) is 3.28. The normalized spacial score (nSPS) is 10.8. The van der Waals surface area contributed by atoms with Gasteiger partial charge in [0.2, 0.25) is 0 Å². The number of amides is 1. The van der Waals surface area contributed by atoms with Crippen molar-refractivity contribution in [2.24, 2.45) is 4.99 Å². The quantitative estimate of drug-likeness (QED) is 0.238. The summed E-state index contributed by atoms with van der Waals surface area (Å²) in [6.07, 6.45) is 0. The summed E-state index contributed by atoms with van der Waals surface area (Å²) < 4.78 is 5.17. The molecule has 170 valence electrons. The Morgan fingerprint density at radius 3 is 2.31 bits per heavy atom. The summed E-state index contributed by atoms with van der Waals surface area (Å²) in [6, 6.07) is 15.1. The summed E-state index contributed by atoms with van der Waals surface area (Å²) in [5.74, 6) is 2.72. The van der Waals surface area contributed by atoms with Gasteiger partial charge in [0.25, 0.3) is 5.91 Å². The number of rotatable bonds is 7. The van der Waals surface area contributed by atoms with Gasteiger partial charge in [-0.1, -0.05) is 12.1 Å². The molecule has 1 amide bonds. The first-order valence-electron chi connectivity index (χ1n) is 9.81. The molecular formula is C22H28IN7O2. The average molecular weight is 549 g/mol. The van der Waals surface area contributed by atoms with E-state index in [1.807, 2.05) is 48.5 Å². The van der Waals surface area contributed by atoms with Crippen LogP contribution in [0.2, 0.25) is 0 Å². The Morgan fingerprint density at radius 2 is 1.72 bits per heavy atom. The first kappa shape index (κ1) is 25.1. The van der Waals surface area contributed by atoms with Crippen molar-refractivity contribution in [3.05, 3.63) is 65.5 Å². The number of aromatic nitrogens is 3. The van der Waals surface area contributed by atoms with Crippen LogP contribution in [0, 0.1) is 0 Å². The molecule has 2 aromatic carbocycles. The van der Waals surface area contributed by atoms with Crippen molar-refractivity contribution in [3.63, 3.8) is 0 Å². The minimum Gasteiger partial charge on any atom is -0.497 e. The van der Waals surface area contributed by atoms with Gasteiger partial charge in [0.1, 0.15) is 11.6 Å². The number of hydrogen-bond donors (Lipinski definition) is 3. The van der Waals surface area contributed by atoms with E-state index >= 15 is 0 Å². The Bertz CT molecular complexity index is 1030. The van der Waals surface area contributed by atoms with E-state index in [1.165, 1.54) is 0 Å². The number of halogens is 1. The van der Waals surface area contributed by atoms with Crippen LogP contribution in [0.15, 0.2) is 53.5 Å². The van der Waals surface area contributed by atoms with Crippen LogP contribution in [0.4, 0.5) is 0 Å². The van der Waals surface area contributed by atoms with E-state index in [4.69, 9.17) is 4.74 Å². The number of guanidine groups is 1. The molecule has 0 saturated carbocycles. The van der Waals surface area contributed by atoms with E-state index in [1.54, 1.807) is 33.2 Å². The maximum atomic E-state index is 12.0. The molecule has 1 aromatic heterocycles. The van der Waals surface area contributed by atoms with Gasteiger partial charge in [-0.15, -0.1) is 24.0 Å². The molecule has 0 aliphatic rings. The fourth-order valence-electron chi connectivity index (χ4n) is 2.84. The molecule has 0 unspecified atom stereocenters. The lowest BCUT2D eigenvalue weighted by molar-refractivity contribution is 0.0827. The zero-order chi connectivity index (χ0) is 22.2. The van der Waals surface area contributed by atoms with Crippen LogP contribution in [0.5, 0.6) is 5.75 Å². The van der Waals surface area contributed by atoms with E-state index in [0.29, 0.717) is 36.3 Å². The van der Waals surface area contributed by atoms with E-state index in [0.717, 1.165) is 16.9 Å². The number of nitrogens with zero attached hydrogens (tertiary/aromatic N) is 4. The Balaban J connectivity index is 0.00000363. The van der Waals surface area contributed by atoms with E-state index in [2.05, 4.69) is 30.8 Å². The predicted molar refractivity (Wildman–Crippen MR) is 135 cm³/mol. The number of carbonyl (C=O) groups is 1. The zero-order valence-corrected chi connectivity index (χ0v) is 20.9. The number of ether oxygens (including phenoxy) is 1. The van der Waals surface area contributed by atoms with Gasteiger partial charge in [-0.05, 0) is 42.0 Å². The van der Waals surface area contributed by atoms with Gasteiger partial charge in [-0.2, -0.15) is 5.10 Å². The fourth-order valence-corrected chi connectivity index (χ4v) is 2.84. The van der Waals surface area contributed by atoms with Crippen LogP contribution in [0.3, 0.4) is 0 Å². The molecule has 9 nitrogen and oxygen atoms in total. The highest BCUT2D eigenvalue weighted by Crippen LogP contribution is 2.18. The predicted octanol–water partition coefficient (Wildman–Crippen LogP) is 2.67. The van der Waals surface area contributed by atoms with Crippen LogP contribution in [-0.2, 0) is 13.1 Å². The van der Waals surface area contributed by atoms with Crippen LogP contribution in [-0.4, -0.2) is 60.2 Å². The minimum atomic E-state index is -0.0157. The van der Waals surface area contributed by atoms with Crippen molar-refractivity contribution >= 4 is 35.8 Å². The second kappa shape index (κ2) is 12.0. The largest absolute Gasteiger partial charge is 0.497 e. The van der Waals surface area contributed by atoms with Crippen molar-refractivity contribution < 1.29 is 9.53 Å². The highest BCUT2D eigenvalue weighted by molar-refractivity contribution is 14.0. The molecule has 3 aromatic rings. The number of aliphatic imine (C=N–C) groups is 1. The van der Waals surface area contributed by atoms with Gasteiger partial charge in [-0.3, -0.25) is 14.9 Å². The number of hydrogen-bond acceptors (Lipinski definition) is 5. The molecule has 1 heterocycles. The number of carbonyl (C=O) groups excluding carboxylic acids is 1. The SMILES string of the molecule is CN=C(NCc1ccc(C(=O)N(C)C)cc1)NCc1nc(-c2ccc(OC)cc2)n[nH]1.I. The number of nitrogens with one attached hydrogen (secondary N) is 3. The van der Waals surface area contributed by atoms with Crippen molar-refractivity contribution in [1.29, 1.82) is 0 Å². The lowest BCUT2D eigenvalue weighted by Gasteiger charge is -2.12. The number of benzene rings is 2. The molecule has 0 fully saturated rings. The lowest BCUT2D eigenvalue weighted by atomic mass is 10.1. The molecule has 0 radical (unpaired) electrons. The summed E-state index contributed by atoms with van der Waals surface area (Å²) in [4.78, 5) is 22.3. The molecule has 0 aliphatic carbocycles. The van der Waals surface area contributed by atoms with Crippen LogP contribution in [0.1, 0.15) is 21.7 Å². The zero-order valence-electron chi connectivity index (χ0n) is 18.5. The Morgan fingerprint density at radius 1 is 1.06 bits per heavy atom. The summed E-state index contributed by atoms with van der Waals surface area (Å²) in [5.41, 5.74) is 2.61. The summed E-state index contributed by atoms with van der Waals surface area (Å²) >= 11 is 0. The molecule has 0 aliphatic heterocycles. The van der Waals surface area contributed by atoms with Gasteiger partial charge in [0.05, 0.1) is 13.7 Å². The third-order valence-corrected chi connectivity index (χ3v) is 4.59. The van der Waals surface area contributed by atoms with E-state index in [9.17, 15) is 4.79 Å². The van der Waals surface area contributed by atoms with E-state index in [-0.39, 0.29) is 29.9 Å². The van der Waals surface area contributed by atoms with Gasteiger partial charge in [-0.25, -0.2) is 4.98 Å². The van der Waals surface area contributed by atoms with Crippen molar-refractivity contribution in [3.8, 4) is 17.1 Å². The second-order valence-electron chi connectivity index (χ2n) is 7.01. The maximum absolute atomic E-state index is 12.0. The van der Waals surface area contributed by atoms with Crippen molar-refractivity contribution in [2.75, 3.05) is 28.3 Å². The molecule has 3 N–H and O–H groups in total. The molecule has 0 saturated heterocycles. The summed E-state index contributed by atoms with van der Waals surface area (Å²) in [7, 11) is 6.81. The van der Waals surface area contributed by atoms with Crippen molar-refractivity contribution in [1.82, 2.24) is 30.7 Å². The maximum Gasteiger partial charge on any atom is 0.253 e. The molecule has 0 spiro atoms. The first-order chi connectivity index (χ1) is 15.0. The van der Waals surface area contributed by atoms with Gasteiger partial charge >= 0.3 is 0 Å². The van der Waals surface area contributed by atoms with Crippen LogP contribution < -0.4 is 15.4 Å². The summed E-state index contributed by atoms with van der Waals surface area (Å²) in [6.45, 7) is 1.02. The number of aromatic amines is 1. The topological polar surface area (TPSA) is 108 Å². The summed E-state index contributed by atoms with van der Waals surface area (Å²) in [5, 5.41) is 13.7. The smallest absolute Gasteiger partial charge is 0.253 e. The Kier molecular flexibility index (Phi) is 9.44. The first-order valence-corrected chi connectivity index (χ1v) is 9.81. The monoisotopic (exact) mass is 549 g/mol. The second-order valence-corrected chi connectivity index (χ2v) is 7.01. The molecule has 0 atom stereocenters. The van der Waals surface area contributed by atoms with Crippen LogP contribution >= 0.6 is 24.0 Å². The van der Waals surface area contributed by atoms with Gasteiger partial charge in [0.15, 0.2) is 11.8 Å². The van der Waals surface area contributed by atoms with E-state index < -0.39 is 0 Å².